The molecule has 1 N–H and O–H groups in total. The molecule has 0 fully saturated rings. The molecule has 0 aliphatic heterocycles. The van der Waals surface area contributed by atoms with Crippen molar-refractivity contribution in [3.8, 4) is 0 Å². The molecular formula is C16H16BrFO. The van der Waals surface area contributed by atoms with Gasteiger partial charge in [0.2, 0.25) is 0 Å². The van der Waals surface area contributed by atoms with Gasteiger partial charge in [0.05, 0.1) is 0 Å². The molecule has 0 bridgehead atoms. The van der Waals surface area contributed by atoms with E-state index in [9.17, 15) is 9.50 Å². The van der Waals surface area contributed by atoms with Crippen LogP contribution in [0.1, 0.15) is 33.9 Å². The maximum absolute atomic E-state index is 13.6. The van der Waals surface area contributed by atoms with E-state index in [4.69, 9.17) is 0 Å². The molecule has 3 heteroatoms. The molecule has 0 saturated carbocycles. The van der Waals surface area contributed by atoms with Crippen molar-refractivity contribution in [2.24, 2.45) is 0 Å². The van der Waals surface area contributed by atoms with Crippen molar-refractivity contribution in [2.45, 2.75) is 26.9 Å². The van der Waals surface area contributed by atoms with Gasteiger partial charge >= 0.3 is 0 Å². The van der Waals surface area contributed by atoms with Gasteiger partial charge in [-0.1, -0.05) is 40.2 Å². The second-order valence-corrected chi connectivity index (χ2v) is 5.75. The monoisotopic (exact) mass is 322 g/mol. The molecule has 0 saturated heterocycles. The summed E-state index contributed by atoms with van der Waals surface area (Å²) >= 11 is 3.46. The average molecular weight is 323 g/mol. The molecule has 2 aromatic rings. The molecule has 2 rings (SSSR count). The summed E-state index contributed by atoms with van der Waals surface area (Å²) in [5.41, 5.74) is 3.72. The number of hydrogen-bond donors (Lipinski definition) is 1. The summed E-state index contributed by atoms with van der Waals surface area (Å²) in [6.45, 7) is 5.42. The highest BCUT2D eigenvalue weighted by atomic mass is 79.9. The van der Waals surface area contributed by atoms with Crippen LogP contribution in [0.15, 0.2) is 34.8 Å². The van der Waals surface area contributed by atoms with Crippen LogP contribution in [0.5, 0.6) is 0 Å². The molecule has 0 amide bonds. The lowest BCUT2D eigenvalue weighted by atomic mass is 9.97. The third-order valence-electron chi connectivity index (χ3n) is 3.23. The van der Waals surface area contributed by atoms with Gasteiger partial charge in [0.15, 0.2) is 0 Å². The van der Waals surface area contributed by atoms with E-state index in [1.165, 1.54) is 0 Å². The highest BCUT2D eigenvalue weighted by molar-refractivity contribution is 9.10. The summed E-state index contributed by atoms with van der Waals surface area (Å²) in [5, 5.41) is 10.5. The van der Waals surface area contributed by atoms with Crippen molar-refractivity contribution < 1.29 is 9.50 Å². The number of benzene rings is 2. The first kappa shape index (κ1) is 14.2. The zero-order valence-corrected chi connectivity index (χ0v) is 12.8. The van der Waals surface area contributed by atoms with Gasteiger partial charge in [-0.05, 0) is 54.7 Å². The molecule has 0 radical (unpaired) electrons. The minimum atomic E-state index is -0.757. The van der Waals surface area contributed by atoms with E-state index in [0.29, 0.717) is 16.7 Å². The van der Waals surface area contributed by atoms with E-state index in [1.54, 1.807) is 26.0 Å². The van der Waals surface area contributed by atoms with Gasteiger partial charge in [-0.3, -0.25) is 0 Å². The Kier molecular flexibility index (Phi) is 4.07. The first-order valence-corrected chi connectivity index (χ1v) is 6.90. The molecule has 100 valence electrons. The Morgan fingerprint density at radius 1 is 1.05 bits per heavy atom. The van der Waals surface area contributed by atoms with Crippen molar-refractivity contribution in [3.05, 3.63) is 68.4 Å². The summed E-state index contributed by atoms with van der Waals surface area (Å²) < 4.78 is 14.5. The lowest BCUT2D eigenvalue weighted by Gasteiger charge is -2.16. The van der Waals surface area contributed by atoms with Gasteiger partial charge in [0, 0.05) is 4.47 Å². The lowest BCUT2D eigenvalue weighted by Crippen LogP contribution is -2.03. The van der Waals surface area contributed by atoms with Crippen LogP contribution >= 0.6 is 15.9 Å². The summed E-state index contributed by atoms with van der Waals surface area (Å²) in [4.78, 5) is 0. The first-order valence-electron chi connectivity index (χ1n) is 6.11. The van der Waals surface area contributed by atoms with Gasteiger partial charge in [-0.15, -0.1) is 0 Å². The van der Waals surface area contributed by atoms with Crippen LogP contribution < -0.4 is 0 Å². The van der Waals surface area contributed by atoms with Crippen LogP contribution in [0, 0.1) is 26.6 Å². The molecule has 1 nitrogen and oxygen atoms in total. The quantitative estimate of drug-likeness (QED) is 0.857. The fourth-order valence-corrected chi connectivity index (χ4v) is 2.88. The standard InChI is InChI=1S/C16H16BrFO/c1-9-4-5-13(14(17)6-9)16(19)12-7-10(2)15(18)11(3)8-12/h4-8,16,19H,1-3H3. The summed E-state index contributed by atoms with van der Waals surface area (Å²) in [5.74, 6) is -0.209. The Hall–Kier alpha value is -1.19. The molecule has 1 unspecified atom stereocenters. The van der Waals surface area contributed by atoms with Gasteiger partial charge in [0.1, 0.15) is 11.9 Å². The Morgan fingerprint density at radius 3 is 2.16 bits per heavy atom. The second-order valence-electron chi connectivity index (χ2n) is 4.90. The van der Waals surface area contributed by atoms with Gasteiger partial charge in [0.25, 0.3) is 0 Å². The average Bonchev–Trinajstić information content (AvgIpc) is 2.34. The van der Waals surface area contributed by atoms with Crippen LogP contribution in [0.3, 0.4) is 0 Å². The summed E-state index contributed by atoms with van der Waals surface area (Å²) in [7, 11) is 0. The van der Waals surface area contributed by atoms with E-state index in [-0.39, 0.29) is 5.82 Å². The zero-order valence-electron chi connectivity index (χ0n) is 11.2. The van der Waals surface area contributed by atoms with Crippen molar-refractivity contribution in [3.63, 3.8) is 0 Å². The van der Waals surface area contributed by atoms with Crippen molar-refractivity contribution in [1.82, 2.24) is 0 Å². The first-order chi connectivity index (χ1) is 8.90. The van der Waals surface area contributed by atoms with Gasteiger partial charge in [-0.25, -0.2) is 4.39 Å². The van der Waals surface area contributed by atoms with Crippen LogP contribution in [0.2, 0.25) is 0 Å². The maximum Gasteiger partial charge on any atom is 0.129 e. The number of aliphatic hydroxyl groups excluding tert-OH is 1. The Morgan fingerprint density at radius 2 is 1.63 bits per heavy atom. The number of aliphatic hydroxyl groups is 1. The summed E-state index contributed by atoms with van der Waals surface area (Å²) in [6, 6.07) is 9.19. The fraction of sp³-hybridized carbons (Fsp3) is 0.250. The molecule has 0 aromatic heterocycles. The van der Waals surface area contributed by atoms with Crippen LogP contribution in [-0.2, 0) is 0 Å². The second kappa shape index (κ2) is 5.43. The zero-order chi connectivity index (χ0) is 14.2. The highest BCUT2D eigenvalue weighted by Crippen LogP contribution is 2.30. The van der Waals surface area contributed by atoms with Gasteiger partial charge in [-0.2, -0.15) is 0 Å². The summed E-state index contributed by atoms with van der Waals surface area (Å²) in [6.07, 6.45) is -0.757. The van der Waals surface area contributed by atoms with E-state index >= 15 is 0 Å². The van der Waals surface area contributed by atoms with Crippen LogP contribution in [0.4, 0.5) is 4.39 Å². The third-order valence-corrected chi connectivity index (χ3v) is 3.91. The minimum Gasteiger partial charge on any atom is -0.384 e. The molecule has 0 aliphatic rings. The fourth-order valence-electron chi connectivity index (χ4n) is 2.17. The minimum absolute atomic E-state index is 0.209. The molecule has 2 aromatic carbocycles. The number of halogens is 2. The number of aryl methyl sites for hydroxylation is 3. The van der Waals surface area contributed by atoms with E-state index in [0.717, 1.165) is 15.6 Å². The van der Waals surface area contributed by atoms with E-state index < -0.39 is 6.10 Å². The topological polar surface area (TPSA) is 20.2 Å². The Labute approximate surface area is 121 Å². The van der Waals surface area contributed by atoms with Crippen molar-refractivity contribution in [1.29, 1.82) is 0 Å². The van der Waals surface area contributed by atoms with E-state index in [1.807, 2.05) is 25.1 Å². The van der Waals surface area contributed by atoms with E-state index in [2.05, 4.69) is 15.9 Å². The predicted molar refractivity (Wildman–Crippen MR) is 78.8 cm³/mol. The Balaban J connectivity index is 2.47. The molecule has 0 spiro atoms. The number of hydrogen-bond acceptors (Lipinski definition) is 1. The van der Waals surface area contributed by atoms with Crippen molar-refractivity contribution >= 4 is 15.9 Å². The smallest absolute Gasteiger partial charge is 0.129 e. The molecule has 0 aliphatic carbocycles. The lowest BCUT2D eigenvalue weighted by molar-refractivity contribution is 0.219. The maximum atomic E-state index is 13.6. The molecule has 0 heterocycles. The highest BCUT2D eigenvalue weighted by Gasteiger charge is 2.16. The SMILES string of the molecule is Cc1ccc(C(O)c2cc(C)c(F)c(C)c2)c(Br)c1. The molecular weight excluding hydrogens is 307 g/mol. The van der Waals surface area contributed by atoms with Crippen LogP contribution in [0.25, 0.3) is 0 Å². The normalized spacial score (nSPS) is 12.5. The van der Waals surface area contributed by atoms with Crippen molar-refractivity contribution in [2.75, 3.05) is 0 Å². The molecule has 19 heavy (non-hydrogen) atoms. The largest absolute Gasteiger partial charge is 0.384 e. The van der Waals surface area contributed by atoms with Gasteiger partial charge < -0.3 is 5.11 Å². The predicted octanol–water partition coefficient (Wildman–Crippen LogP) is 4.60. The van der Waals surface area contributed by atoms with Crippen LogP contribution in [-0.4, -0.2) is 5.11 Å². The Bertz CT molecular complexity index is 599. The molecule has 1 atom stereocenters. The number of rotatable bonds is 2. The third kappa shape index (κ3) is 2.88.